The average molecular weight is 346 g/mol. The summed E-state index contributed by atoms with van der Waals surface area (Å²) in [6.45, 7) is 3.19. The Kier molecular flexibility index (Phi) is 3.74. The molecule has 0 aliphatic carbocycles. The first-order valence-corrected chi connectivity index (χ1v) is 7.46. The lowest BCUT2D eigenvalue weighted by atomic mass is 9.86. The fourth-order valence-corrected chi connectivity index (χ4v) is 2.91. The lowest BCUT2D eigenvalue weighted by molar-refractivity contribution is -0.384. The highest BCUT2D eigenvalue weighted by atomic mass is 16.6. The number of benzene rings is 1. The molecule has 2 heterocycles. The van der Waals surface area contributed by atoms with Gasteiger partial charge in [0.2, 0.25) is 5.91 Å². The maximum atomic E-state index is 12.8. The van der Waals surface area contributed by atoms with Gasteiger partial charge in [-0.15, -0.1) is 0 Å². The van der Waals surface area contributed by atoms with E-state index in [0.29, 0.717) is 0 Å². The molecule has 0 bridgehead atoms. The molecule has 10 heteroatoms. The first kappa shape index (κ1) is 16.6. The average Bonchev–Trinajstić information content (AvgIpc) is 3.02. The van der Waals surface area contributed by atoms with E-state index in [1.165, 1.54) is 31.2 Å². The number of nitro benzene ring substituents is 1. The Morgan fingerprint density at radius 1 is 1.40 bits per heavy atom. The highest BCUT2D eigenvalue weighted by Gasteiger charge is 2.63. The highest BCUT2D eigenvalue weighted by molar-refractivity contribution is 6.47. The summed E-state index contributed by atoms with van der Waals surface area (Å²) in [6, 6.07) is 5.00. The van der Waals surface area contributed by atoms with Gasteiger partial charge in [0, 0.05) is 12.1 Å². The van der Waals surface area contributed by atoms with Crippen LogP contribution >= 0.6 is 0 Å². The number of ether oxygens (including phenoxy) is 1. The molecule has 130 valence electrons. The Bertz CT molecular complexity index is 818. The Hall–Kier alpha value is -3.30. The lowest BCUT2D eigenvalue weighted by Crippen LogP contribution is -2.48. The second-order valence-corrected chi connectivity index (χ2v) is 5.72. The van der Waals surface area contributed by atoms with Crippen LogP contribution in [0.5, 0.6) is 0 Å². The molecule has 1 aromatic carbocycles. The molecule has 0 saturated carbocycles. The minimum Gasteiger partial charge on any atom is -0.461 e. The first-order chi connectivity index (χ1) is 11.8. The SMILES string of the molecule is CCOC(=O)C1=NNC2(C)C(=O)N(c3ccc([N+](=O)[O-])cc3)C(=O)C12. The van der Waals surface area contributed by atoms with Crippen LogP contribution in [0, 0.1) is 16.0 Å². The van der Waals surface area contributed by atoms with Crippen molar-refractivity contribution in [2.24, 2.45) is 11.0 Å². The molecule has 2 aliphatic heterocycles. The van der Waals surface area contributed by atoms with Crippen LogP contribution in [0.15, 0.2) is 29.4 Å². The summed E-state index contributed by atoms with van der Waals surface area (Å²) in [5.41, 5.74) is 1.01. The summed E-state index contributed by atoms with van der Waals surface area (Å²) in [5, 5.41) is 14.5. The number of fused-ring (bicyclic) bond motifs is 1. The van der Waals surface area contributed by atoms with Crippen molar-refractivity contribution in [3.8, 4) is 0 Å². The Morgan fingerprint density at radius 3 is 2.60 bits per heavy atom. The van der Waals surface area contributed by atoms with Crippen molar-refractivity contribution in [3.63, 3.8) is 0 Å². The Labute approximate surface area is 141 Å². The molecule has 2 aliphatic rings. The van der Waals surface area contributed by atoms with Gasteiger partial charge in [-0.25, -0.2) is 9.69 Å². The molecule has 3 rings (SSSR count). The number of hydrogen-bond donors (Lipinski definition) is 1. The van der Waals surface area contributed by atoms with Gasteiger partial charge in [0.1, 0.15) is 11.5 Å². The molecule has 2 atom stereocenters. The number of non-ortho nitro benzene ring substituents is 1. The number of nitro groups is 1. The van der Waals surface area contributed by atoms with E-state index in [1.807, 2.05) is 0 Å². The number of hydrazone groups is 1. The van der Waals surface area contributed by atoms with Crippen LogP contribution in [0.25, 0.3) is 0 Å². The van der Waals surface area contributed by atoms with Crippen LogP contribution in [-0.4, -0.2) is 40.6 Å². The fraction of sp³-hybridized carbons (Fsp3) is 0.333. The van der Waals surface area contributed by atoms with Crippen molar-refractivity contribution in [2.75, 3.05) is 11.5 Å². The van der Waals surface area contributed by atoms with Crippen molar-refractivity contribution < 1.29 is 24.0 Å². The summed E-state index contributed by atoms with van der Waals surface area (Å²) >= 11 is 0. The summed E-state index contributed by atoms with van der Waals surface area (Å²) in [7, 11) is 0. The number of carbonyl (C=O) groups excluding carboxylic acids is 3. The minimum atomic E-state index is -1.40. The minimum absolute atomic E-state index is 0.107. The molecule has 1 fully saturated rings. The zero-order valence-electron chi connectivity index (χ0n) is 13.4. The second kappa shape index (κ2) is 5.65. The van der Waals surface area contributed by atoms with E-state index in [-0.39, 0.29) is 23.7 Å². The van der Waals surface area contributed by atoms with E-state index in [0.717, 1.165) is 4.90 Å². The number of anilines is 1. The number of esters is 1. The van der Waals surface area contributed by atoms with Gasteiger partial charge in [0.15, 0.2) is 5.71 Å². The van der Waals surface area contributed by atoms with Crippen LogP contribution in [0.1, 0.15) is 13.8 Å². The zero-order chi connectivity index (χ0) is 18.4. The quantitative estimate of drug-likeness (QED) is 0.360. The van der Waals surface area contributed by atoms with Gasteiger partial charge in [-0.2, -0.15) is 5.10 Å². The lowest BCUT2D eigenvalue weighted by Gasteiger charge is -2.20. The Balaban J connectivity index is 1.96. The highest BCUT2D eigenvalue weighted by Crippen LogP contribution is 2.38. The largest absolute Gasteiger partial charge is 0.461 e. The first-order valence-electron chi connectivity index (χ1n) is 7.46. The van der Waals surface area contributed by atoms with Crippen molar-refractivity contribution >= 4 is 34.9 Å². The van der Waals surface area contributed by atoms with E-state index in [9.17, 15) is 24.5 Å². The van der Waals surface area contributed by atoms with E-state index >= 15 is 0 Å². The molecular weight excluding hydrogens is 332 g/mol. The maximum Gasteiger partial charge on any atom is 0.355 e. The molecule has 10 nitrogen and oxygen atoms in total. The fourth-order valence-electron chi connectivity index (χ4n) is 2.91. The number of rotatable bonds is 4. The third-order valence-corrected chi connectivity index (χ3v) is 4.18. The van der Waals surface area contributed by atoms with Crippen molar-refractivity contribution in [1.82, 2.24) is 5.43 Å². The van der Waals surface area contributed by atoms with E-state index in [4.69, 9.17) is 4.74 Å². The number of amides is 2. The third kappa shape index (κ3) is 2.33. The summed E-state index contributed by atoms with van der Waals surface area (Å²) in [5.74, 6) is -3.12. The molecule has 1 N–H and O–H groups in total. The van der Waals surface area contributed by atoms with Crippen LogP contribution in [0.2, 0.25) is 0 Å². The number of carbonyl (C=O) groups is 3. The van der Waals surface area contributed by atoms with E-state index < -0.39 is 34.2 Å². The van der Waals surface area contributed by atoms with Crippen LogP contribution in [0.3, 0.4) is 0 Å². The van der Waals surface area contributed by atoms with Gasteiger partial charge in [-0.3, -0.25) is 25.1 Å². The van der Waals surface area contributed by atoms with Gasteiger partial charge in [0.05, 0.1) is 17.2 Å². The molecule has 0 spiro atoms. The summed E-state index contributed by atoms with van der Waals surface area (Å²) in [6.07, 6.45) is 0. The van der Waals surface area contributed by atoms with E-state index in [2.05, 4.69) is 10.5 Å². The number of nitrogens with zero attached hydrogens (tertiary/aromatic N) is 3. The molecule has 1 aromatic rings. The standard InChI is InChI=1S/C15H14N4O6/c1-3-25-13(21)11-10-12(20)18(14(22)15(10,2)17-16-11)8-4-6-9(7-5-8)19(23)24/h4-7,10,17H,3H2,1-2H3. The van der Waals surface area contributed by atoms with Gasteiger partial charge < -0.3 is 4.74 Å². The van der Waals surface area contributed by atoms with Gasteiger partial charge in [0.25, 0.3) is 11.6 Å². The zero-order valence-corrected chi connectivity index (χ0v) is 13.4. The second-order valence-electron chi connectivity index (χ2n) is 5.72. The summed E-state index contributed by atoms with van der Waals surface area (Å²) < 4.78 is 4.88. The van der Waals surface area contributed by atoms with E-state index in [1.54, 1.807) is 6.92 Å². The molecule has 1 saturated heterocycles. The van der Waals surface area contributed by atoms with Crippen molar-refractivity contribution in [2.45, 2.75) is 19.4 Å². The number of imide groups is 1. The summed E-state index contributed by atoms with van der Waals surface area (Å²) in [4.78, 5) is 48.6. The molecular formula is C15H14N4O6. The number of hydrogen-bond acceptors (Lipinski definition) is 8. The molecule has 2 unspecified atom stereocenters. The normalized spacial score (nSPS) is 24.6. The van der Waals surface area contributed by atoms with Crippen LogP contribution in [0.4, 0.5) is 11.4 Å². The van der Waals surface area contributed by atoms with Gasteiger partial charge in [-0.05, 0) is 26.0 Å². The van der Waals surface area contributed by atoms with Crippen LogP contribution in [-0.2, 0) is 19.1 Å². The molecule has 0 radical (unpaired) electrons. The van der Waals surface area contributed by atoms with Gasteiger partial charge in [-0.1, -0.05) is 0 Å². The molecule has 0 aromatic heterocycles. The Morgan fingerprint density at radius 2 is 2.04 bits per heavy atom. The maximum absolute atomic E-state index is 12.8. The van der Waals surface area contributed by atoms with Crippen LogP contribution < -0.4 is 10.3 Å². The predicted octanol–water partition coefficient (Wildman–Crippen LogP) is 0.365. The number of nitrogens with one attached hydrogen (secondary N) is 1. The monoisotopic (exact) mass is 346 g/mol. The topological polar surface area (TPSA) is 131 Å². The van der Waals surface area contributed by atoms with Crippen molar-refractivity contribution in [3.05, 3.63) is 34.4 Å². The smallest absolute Gasteiger partial charge is 0.355 e. The molecule has 25 heavy (non-hydrogen) atoms. The van der Waals surface area contributed by atoms with Crippen molar-refractivity contribution in [1.29, 1.82) is 0 Å². The molecule has 2 amide bonds. The third-order valence-electron chi connectivity index (χ3n) is 4.18. The van der Waals surface area contributed by atoms with Gasteiger partial charge >= 0.3 is 5.97 Å². The predicted molar refractivity (Wildman–Crippen MR) is 84.7 cm³/mol.